The molecule has 0 radical (unpaired) electrons. The van der Waals surface area contributed by atoms with Gasteiger partial charge in [-0.2, -0.15) is 0 Å². The van der Waals surface area contributed by atoms with E-state index in [2.05, 4.69) is 0 Å². The molecule has 0 aromatic heterocycles. The number of nitrogens with zero attached hydrogens (tertiary/aromatic N) is 1. The van der Waals surface area contributed by atoms with Crippen LogP contribution in [-0.4, -0.2) is 42.0 Å². The molecule has 1 rings (SSSR count). The molecule has 1 aliphatic rings. The number of esters is 1. The summed E-state index contributed by atoms with van der Waals surface area (Å²) in [6, 6.07) is -0.368. The fraction of sp³-hybridized carbons (Fsp3) is 0.800. The van der Waals surface area contributed by atoms with Gasteiger partial charge in [0.2, 0.25) is 5.91 Å². The molecule has 0 heterocycles. The summed E-state index contributed by atoms with van der Waals surface area (Å²) in [4.78, 5) is 24.4. The van der Waals surface area contributed by atoms with E-state index in [1.54, 1.807) is 13.8 Å². The number of hydrogen-bond acceptors (Lipinski definition) is 4. The Bertz CT molecular complexity index is 249. The molecule has 2 N–H and O–H groups in total. The van der Waals surface area contributed by atoms with Gasteiger partial charge in [0.15, 0.2) is 0 Å². The molecule has 1 saturated carbocycles. The third kappa shape index (κ3) is 3.51. The van der Waals surface area contributed by atoms with Crippen LogP contribution in [0, 0.1) is 0 Å². The van der Waals surface area contributed by atoms with Gasteiger partial charge in [-0.25, -0.2) is 0 Å². The Labute approximate surface area is 89.6 Å². The number of hydrogen-bond donors (Lipinski definition) is 1. The highest BCUT2D eigenvalue weighted by Crippen LogP contribution is 2.27. The normalized spacial score (nSPS) is 17.0. The molecule has 5 heteroatoms. The Morgan fingerprint density at radius 3 is 2.53 bits per heavy atom. The summed E-state index contributed by atoms with van der Waals surface area (Å²) in [7, 11) is 0. The second kappa shape index (κ2) is 5.11. The van der Waals surface area contributed by atoms with Gasteiger partial charge in [0.1, 0.15) is 6.54 Å². The zero-order valence-corrected chi connectivity index (χ0v) is 9.23. The second-order valence-electron chi connectivity index (χ2n) is 3.79. The number of carbonyl (C=O) groups excluding carboxylic acids is 2. The van der Waals surface area contributed by atoms with Crippen LogP contribution in [0.2, 0.25) is 0 Å². The molecule has 0 spiro atoms. The first kappa shape index (κ1) is 12.0. The number of amides is 1. The number of carbonyl (C=O) groups is 2. The van der Waals surface area contributed by atoms with Crippen molar-refractivity contribution < 1.29 is 14.3 Å². The Hall–Kier alpha value is -1.10. The SMILES string of the molecule is CCOC(=O)CN(C(=O)[C@H](C)N)C1CC1. The van der Waals surface area contributed by atoms with Crippen LogP contribution >= 0.6 is 0 Å². The van der Waals surface area contributed by atoms with Crippen molar-refractivity contribution in [3.8, 4) is 0 Å². The molecule has 0 bridgehead atoms. The average molecular weight is 214 g/mol. The molecule has 1 fully saturated rings. The summed E-state index contributed by atoms with van der Waals surface area (Å²) in [5, 5.41) is 0. The van der Waals surface area contributed by atoms with Crippen LogP contribution in [0.15, 0.2) is 0 Å². The minimum Gasteiger partial charge on any atom is -0.465 e. The monoisotopic (exact) mass is 214 g/mol. The van der Waals surface area contributed by atoms with Gasteiger partial charge in [-0.05, 0) is 26.7 Å². The molecule has 86 valence electrons. The van der Waals surface area contributed by atoms with Gasteiger partial charge in [0.05, 0.1) is 12.6 Å². The summed E-state index contributed by atoms with van der Waals surface area (Å²) < 4.78 is 4.81. The Morgan fingerprint density at radius 2 is 2.13 bits per heavy atom. The summed E-state index contributed by atoms with van der Waals surface area (Å²) in [6.45, 7) is 3.73. The lowest BCUT2D eigenvalue weighted by molar-refractivity contribution is -0.149. The molecule has 1 amide bonds. The topological polar surface area (TPSA) is 72.6 Å². The first-order valence-electron chi connectivity index (χ1n) is 5.28. The highest BCUT2D eigenvalue weighted by molar-refractivity contribution is 5.85. The lowest BCUT2D eigenvalue weighted by Gasteiger charge is -2.22. The van der Waals surface area contributed by atoms with E-state index in [4.69, 9.17) is 10.5 Å². The summed E-state index contributed by atoms with van der Waals surface area (Å²) in [5.41, 5.74) is 5.51. The maximum Gasteiger partial charge on any atom is 0.325 e. The van der Waals surface area contributed by atoms with E-state index < -0.39 is 6.04 Å². The van der Waals surface area contributed by atoms with Gasteiger partial charge in [0.25, 0.3) is 0 Å². The summed E-state index contributed by atoms with van der Waals surface area (Å²) in [5.74, 6) is -0.538. The average Bonchev–Trinajstić information content (AvgIpc) is 2.96. The molecule has 0 unspecified atom stereocenters. The Kier molecular flexibility index (Phi) is 4.08. The van der Waals surface area contributed by atoms with Crippen molar-refractivity contribution in [3.05, 3.63) is 0 Å². The molecule has 1 aliphatic carbocycles. The third-order valence-electron chi connectivity index (χ3n) is 2.27. The van der Waals surface area contributed by atoms with Crippen LogP contribution in [0.1, 0.15) is 26.7 Å². The first-order valence-corrected chi connectivity index (χ1v) is 5.28. The molecule has 0 aromatic rings. The van der Waals surface area contributed by atoms with Crippen LogP contribution in [0.4, 0.5) is 0 Å². The molecular weight excluding hydrogens is 196 g/mol. The minimum atomic E-state index is -0.556. The fourth-order valence-electron chi connectivity index (χ4n) is 1.38. The molecule has 15 heavy (non-hydrogen) atoms. The van der Waals surface area contributed by atoms with Crippen LogP contribution < -0.4 is 5.73 Å². The fourth-order valence-corrected chi connectivity index (χ4v) is 1.38. The van der Waals surface area contributed by atoms with Gasteiger partial charge in [-0.3, -0.25) is 9.59 Å². The Morgan fingerprint density at radius 1 is 1.53 bits per heavy atom. The molecule has 0 aromatic carbocycles. The van der Waals surface area contributed by atoms with E-state index in [0.717, 1.165) is 12.8 Å². The largest absolute Gasteiger partial charge is 0.465 e. The molecular formula is C10H18N2O3. The van der Waals surface area contributed by atoms with Crippen LogP contribution in [-0.2, 0) is 14.3 Å². The number of rotatable bonds is 5. The highest BCUT2D eigenvalue weighted by Gasteiger charge is 2.35. The lowest BCUT2D eigenvalue weighted by Crippen LogP contribution is -2.46. The van der Waals surface area contributed by atoms with Crippen molar-refractivity contribution in [2.45, 2.75) is 38.8 Å². The third-order valence-corrected chi connectivity index (χ3v) is 2.27. The van der Waals surface area contributed by atoms with Crippen LogP contribution in [0.5, 0.6) is 0 Å². The van der Waals surface area contributed by atoms with Gasteiger partial charge < -0.3 is 15.4 Å². The summed E-state index contributed by atoms with van der Waals surface area (Å²) in [6.07, 6.45) is 1.91. The summed E-state index contributed by atoms with van der Waals surface area (Å²) >= 11 is 0. The van der Waals surface area contributed by atoms with Crippen molar-refractivity contribution in [2.75, 3.05) is 13.2 Å². The molecule has 1 atom stereocenters. The number of nitrogens with two attached hydrogens (primary N) is 1. The Balaban J connectivity index is 2.51. The van der Waals surface area contributed by atoms with E-state index in [1.807, 2.05) is 0 Å². The predicted octanol–water partition coefficient (Wildman–Crippen LogP) is -0.112. The van der Waals surface area contributed by atoms with Crippen molar-refractivity contribution in [1.29, 1.82) is 0 Å². The van der Waals surface area contributed by atoms with Crippen LogP contribution in [0.25, 0.3) is 0 Å². The van der Waals surface area contributed by atoms with Crippen molar-refractivity contribution >= 4 is 11.9 Å². The van der Waals surface area contributed by atoms with Crippen LogP contribution in [0.3, 0.4) is 0 Å². The smallest absolute Gasteiger partial charge is 0.325 e. The van der Waals surface area contributed by atoms with E-state index in [9.17, 15) is 9.59 Å². The molecule has 0 saturated heterocycles. The van der Waals surface area contributed by atoms with Gasteiger partial charge in [0, 0.05) is 6.04 Å². The van der Waals surface area contributed by atoms with E-state index in [1.165, 1.54) is 4.90 Å². The maximum atomic E-state index is 11.7. The van der Waals surface area contributed by atoms with Crippen molar-refractivity contribution in [1.82, 2.24) is 4.90 Å². The zero-order valence-electron chi connectivity index (χ0n) is 9.23. The quantitative estimate of drug-likeness (QED) is 0.648. The first-order chi connectivity index (χ1) is 7.06. The minimum absolute atomic E-state index is 0.0267. The zero-order chi connectivity index (χ0) is 11.4. The maximum absolute atomic E-state index is 11.7. The van der Waals surface area contributed by atoms with E-state index in [0.29, 0.717) is 6.61 Å². The van der Waals surface area contributed by atoms with E-state index >= 15 is 0 Å². The van der Waals surface area contributed by atoms with Crippen molar-refractivity contribution in [2.24, 2.45) is 5.73 Å². The molecule has 0 aliphatic heterocycles. The lowest BCUT2D eigenvalue weighted by atomic mass is 10.3. The van der Waals surface area contributed by atoms with Crippen molar-refractivity contribution in [3.63, 3.8) is 0 Å². The highest BCUT2D eigenvalue weighted by atomic mass is 16.5. The van der Waals surface area contributed by atoms with E-state index in [-0.39, 0.29) is 24.5 Å². The predicted molar refractivity (Wildman–Crippen MR) is 55.0 cm³/mol. The second-order valence-corrected chi connectivity index (χ2v) is 3.79. The van der Waals surface area contributed by atoms with Gasteiger partial charge in [-0.1, -0.05) is 0 Å². The van der Waals surface area contributed by atoms with Gasteiger partial charge >= 0.3 is 5.97 Å². The standard InChI is InChI=1S/C10H18N2O3/c1-3-15-9(13)6-12(8-4-5-8)10(14)7(2)11/h7-8H,3-6,11H2,1-2H3/t7-/m0/s1. The molecule has 5 nitrogen and oxygen atoms in total. The van der Waals surface area contributed by atoms with Gasteiger partial charge in [-0.15, -0.1) is 0 Å². The number of ether oxygens (including phenoxy) is 1.